The van der Waals surface area contributed by atoms with Crippen molar-refractivity contribution in [3.8, 4) is 5.75 Å². The number of azo groups is 1. The van der Waals surface area contributed by atoms with Crippen LogP contribution in [0.1, 0.15) is 27.9 Å². The lowest BCUT2D eigenvalue weighted by Crippen LogP contribution is -3.00. The molecule has 0 fully saturated rings. The molecule has 2 aromatic heterocycles. The lowest BCUT2D eigenvalue weighted by atomic mass is 10.2. The van der Waals surface area contributed by atoms with E-state index in [1.54, 1.807) is 14.0 Å². The molecule has 0 aliphatic rings. The van der Waals surface area contributed by atoms with Gasteiger partial charge in [-0.05, 0) is 91.3 Å². The van der Waals surface area contributed by atoms with E-state index >= 15 is 0 Å². The number of carbonyl (C=O) groups is 1. The Morgan fingerprint density at radius 1 is 0.976 bits per heavy atom. The minimum Gasteiger partial charge on any atom is -1.00 e. The van der Waals surface area contributed by atoms with Crippen molar-refractivity contribution in [1.29, 1.82) is 0 Å². The molecule has 0 spiro atoms. The van der Waals surface area contributed by atoms with Crippen LogP contribution in [0.15, 0.2) is 83.3 Å². The molecular formula is C30H35Cl2N5O4S. The Balaban J connectivity index is 0.00000308. The van der Waals surface area contributed by atoms with E-state index in [2.05, 4.69) is 15.1 Å². The van der Waals surface area contributed by atoms with Crippen LogP contribution in [-0.2, 0) is 18.3 Å². The van der Waals surface area contributed by atoms with E-state index in [0.29, 0.717) is 35.4 Å². The van der Waals surface area contributed by atoms with E-state index in [0.717, 1.165) is 22.8 Å². The number of pyridine rings is 1. The fourth-order valence-corrected chi connectivity index (χ4v) is 5.06. The molecule has 9 nitrogen and oxygen atoms in total. The Kier molecular flexibility index (Phi) is 13.3. The highest BCUT2D eigenvalue weighted by molar-refractivity contribution is 7.16. The van der Waals surface area contributed by atoms with Crippen LogP contribution in [0.3, 0.4) is 0 Å². The number of aliphatic hydroxyl groups is 1. The fraction of sp³-hybridized carbons (Fsp3) is 0.300. The van der Waals surface area contributed by atoms with Crippen LogP contribution in [0.4, 0.5) is 22.2 Å². The number of aryl methyl sites for hydroxylation is 1. The molecule has 1 atom stereocenters. The standard InChI is InChI=1S/C30H35N5O4S.2ClH/c1-6-39-29(37)28-22(3)33(4)30(40-28)32-31-23-7-9-24(10-8-23)35(25-11-13-27(38-5)14-12-25)20-26(36)19-34-17-15-21(2)16-18-34;;/h7-18,26,36H,6,19-20H2,1-5H3;2*1H/q+2;;/p-2. The van der Waals surface area contributed by atoms with Crippen molar-refractivity contribution in [2.24, 2.45) is 17.3 Å². The molecule has 0 saturated heterocycles. The number of thiazole rings is 1. The van der Waals surface area contributed by atoms with Crippen LogP contribution in [0.5, 0.6) is 5.75 Å². The molecule has 1 N–H and O–H groups in total. The van der Waals surface area contributed by atoms with Gasteiger partial charge in [0.15, 0.2) is 23.8 Å². The maximum absolute atomic E-state index is 12.2. The van der Waals surface area contributed by atoms with Crippen molar-refractivity contribution in [1.82, 2.24) is 0 Å². The summed E-state index contributed by atoms with van der Waals surface area (Å²) >= 11 is 1.25. The largest absolute Gasteiger partial charge is 1.00 e. The Hall–Kier alpha value is -3.57. The van der Waals surface area contributed by atoms with Crippen molar-refractivity contribution < 1.29 is 53.3 Å². The topological polar surface area (TPSA) is 91.5 Å². The second-order valence-corrected chi connectivity index (χ2v) is 10.3. The van der Waals surface area contributed by atoms with Crippen molar-refractivity contribution in [3.63, 3.8) is 0 Å². The van der Waals surface area contributed by atoms with Gasteiger partial charge in [0.25, 0.3) is 0 Å². The molecule has 42 heavy (non-hydrogen) atoms. The fourth-order valence-electron chi connectivity index (χ4n) is 4.09. The Labute approximate surface area is 262 Å². The van der Waals surface area contributed by atoms with Crippen molar-refractivity contribution >= 4 is 39.5 Å². The lowest BCUT2D eigenvalue weighted by molar-refractivity contribution is -0.703. The molecule has 0 amide bonds. The van der Waals surface area contributed by atoms with Crippen LogP contribution in [-0.4, -0.2) is 37.4 Å². The number of aromatic nitrogens is 2. The van der Waals surface area contributed by atoms with Gasteiger partial charge >= 0.3 is 11.1 Å². The number of anilines is 2. The average molecular weight is 633 g/mol. The first-order valence-corrected chi connectivity index (χ1v) is 13.8. The highest BCUT2D eigenvalue weighted by Gasteiger charge is 2.25. The number of benzene rings is 2. The van der Waals surface area contributed by atoms with Gasteiger partial charge in [0.05, 0.1) is 32.4 Å². The third-order valence-electron chi connectivity index (χ3n) is 6.44. The predicted octanol–water partition coefficient (Wildman–Crippen LogP) is -0.715. The number of carbonyl (C=O) groups excluding carboxylic acids is 1. The van der Waals surface area contributed by atoms with Gasteiger partial charge in [-0.15, -0.1) is 0 Å². The molecule has 0 radical (unpaired) electrons. The molecule has 0 aliphatic carbocycles. The predicted molar refractivity (Wildman–Crippen MR) is 154 cm³/mol. The molecule has 224 valence electrons. The number of aliphatic hydroxyl groups excluding tert-OH is 1. The number of esters is 1. The SMILES string of the molecule is CCOC(=O)c1sc(N=Nc2ccc(N(CC(O)C[n+]3ccc(C)cc3)c3ccc(OC)cc3)cc2)[n+](C)c1C.[Cl-].[Cl-]. The Morgan fingerprint density at radius 2 is 1.57 bits per heavy atom. The highest BCUT2D eigenvalue weighted by atomic mass is 35.5. The van der Waals surface area contributed by atoms with E-state index < -0.39 is 6.10 Å². The molecule has 12 heteroatoms. The van der Waals surface area contributed by atoms with Crippen LogP contribution in [0.2, 0.25) is 0 Å². The summed E-state index contributed by atoms with van der Waals surface area (Å²) in [6.45, 7) is 6.84. The number of ether oxygens (including phenoxy) is 2. The first kappa shape index (κ1) is 34.6. The molecular weight excluding hydrogens is 597 g/mol. The normalized spacial score (nSPS) is 11.4. The number of halogens is 2. The van der Waals surface area contributed by atoms with Gasteiger partial charge in [-0.2, -0.15) is 0 Å². The van der Waals surface area contributed by atoms with Gasteiger partial charge < -0.3 is 44.3 Å². The molecule has 4 aromatic rings. The van der Waals surface area contributed by atoms with Gasteiger partial charge in [0, 0.05) is 23.5 Å². The molecule has 1 unspecified atom stereocenters. The lowest BCUT2D eigenvalue weighted by Gasteiger charge is -2.27. The molecule has 2 heterocycles. The number of rotatable bonds is 11. The summed E-state index contributed by atoms with van der Waals surface area (Å²) in [6, 6.07) is 19.5. The molecule has 0 aliphatic heterocycles. The summed E-state index contributed by atoms with van der Waals surface area (Å²) in [6.07, 6.45) is 3.33. The highest BCUT2D eigenvalue weighted by Crippen LogP contribution is 2.30. The zero-order valence-electron chi connectivity index (χ0n) is 24.2. The van der Waals surface area contributed by atoms with Crippen molar-refractivity contribution in [2.75, 3.05) is 25.2 Å². The summed E-state index contributed by atoms with van der Waals surface area (Å²) in [5.41, 5.74) is 4.45. The summed E-state index contributed by atoms with van der Waals surface area (Å²) in [4.78, 5) is 14.8. The summed E-state index contributed by atoms with van der Waals surface area (Å²) < 4.78 is 14.3. The zero-order valence-corrected chi connectivity index (χ0v) is 26.5. The maximum Gasteiger partial charge on any atom is 0.409 e. The summed E-state index contributed by atoms with van der Waals surface area (Å²) in [5, 5.41) is 20.4. The molecule has 4 rings (SSSR count). The third-order valence-corrected chi connectivity index (χ3v) is 7.65. The quantitative estimate of drug-likeness (QED) is 0.134. The molecule has 0 bridgehead atoms. The maximum atomic E-state index is 12.2. The smallest absolute Gasteiger partial charge is 0.409 e. The number of hydrogen-bond acceptors (Lipinski definition) is 8. The molecule has 2 aromatic carbocycles. The van der Waals surface area contributed by atoms with Crippen LogP contribution >= 0.6 is 11.3 Å². The first-order valence-electron chi connectivity index (χ1n) is 13.0. The first-order chi connectivity index (χ1) is 19.3. The van der Waals surface area contributed by atoms with Crippen molar-refractivity contribution in [3.05, 3.63) is 89.2 Å². The summed E-state index contributed by atoms with van der Waals surface area (Å²) in [7, 11) is 3.48. The van der Waals surface area contributed by atoms with E-state index in [9.17, 15) is 9.90 Å². The van der Waals surface area contributed by atoms with E-state index in [1.165, 1.54) is 16.9 Å². The van der Waals surface area contributed by atoms with E-state index in [1.807, 2.05) is 103 Å². The Morgan fingerprint density at radius 3 is 2.14 bits per heavy atom. The second-order valence-electron chi connectivity index (χ2n) is 9.33. The number of hydrogen-bond donors (Lipinski definition) is 1. The monoisotopic (exact) mass is 631 g/mol. The van der Waals surface area contributed by atoms with Crippen LogP contribution in [0, 0.1) is 13.8 Å². The van der Waals surface area contributed by atoms with Gasteiger partial charge in [-0.3, -0.25) is 0 Å². The van der Waals surface area contributed by atoms with E-state index in [-0.39, 0.29) is 30.8 Å². The van der Waals surface area contributed by atoms with Gasteiger partial charge in [-0.1, -0.05) is 0 Å². The van der Waals surface area contributed by atoms with Crippen LogP contribution < -0.4 is 43.6 Å². The van der Waals surface area contributed by atoms with Gasteiger partial charge in [0.2, 0.25) is 0 Å². The average Bonchev–Trinajstić information content (AvgIpc) is 3.25. The summed E-state index contributed by atoms with van der Waals surface area (Å²) in [5.74, 6) is 0.409. The second kappa shape index (κ2) is 16.2. The van der Waals surface area contributed by atoms with Gasteiger partial charge in [-0.25, -0.2) is 13.9 Å². The minimum atomic E-state index is -0.621. The Bertz CT molecular complexity index is 1460. The number of nitrogens with zero attached hydrogens (tertiary/aromatic N) is 5. The minimum absolute atomic E-state index is 0. The molecule has 0 saturated carbocycles. The van der Waals surface area contributed by atoms with Crippen LogP contribution in [0.25, 0.3) is 0 Å². The zero-order chi connectivity index (χ0) is 28.6. The third kappa shape index (κ3) is 8.72. The van der Waals surface area contributed by atoms with Crippen molar-refractivity contribution in [2.45, 2.75) is 33.4 Å². The van der Waals surface area contributed by atoms with Gasteiger partial charge in [0.1, 0.15) is 23.2 Å². The van der Waals surface area contributed by atoms with E-state index in [4.69, 9.17) is 9.47 Å². The number of methoxy groups -OCH3 is 1.